The van der Waals surface area contributed by atoms with Crippen LogP contribution in [0.3, 0.4) is 0 Å². The molecule has 0 bridgehead atoms. The van der Waals surface area contributed by atoms with Crippen LogP contribution >= 0.6 is 0 Å². The van der Waals surface area contributed by atoms with Crippen LogP contribution in [0.2, 0.25) is 0 Å². The minimum atomic E-state index is -0.0873. The van der Waals surface area contributed by atoms with E-state index in [4.69, 9.17) is 0 Å². The lowest BCUT2D eigenvalue weighted by Crippen LogP contribution is -2.22. The number of benzene rings is 1. The zero-order valence-corrected chi connectivity index (χ0v) is 8.54. The van der Waals surface area contributed by atoms with Gasteiger partial charge in [0.15, 0.2) is 0 Å². The molecule has 0 saturated carbocycles. The molecule has 1 rings (SSSR count). The maximum atomic E-state index is 11.1. The molecular formula is C11H15NO2. The van der Waals surface area contributed by atoms with E-state index < -0.39 is 0 Å². The normalized spacial score (nSPS) is 9.86. The van der Waals surface area contributed by atoms with Crippen LogP contribution in [0.15, 0.2) is 24.3 Å². The Bertz CT molecular complexity index is 310. The number of carbonyl (C=O) groups excluding carboxylic acids is 1. The van der Waals surface area contributed by atoms with Crippen LogP contribution in [-0.4, -0.2) is 13.0 Å². The molecule has 0 atom stereocenters. The highest BCUT2D eigenvalue weighted by atomic mass is 16.6. The Kier molecular flexibility index (Phi) is 4.13. The molecule has 1 aromatic rings. The van der Waals surface area contributed by atoms with E-state index in [0.717, 1.165) is 6.42 Å². The van der Waals surface area contributed by atoms with Gasteiger partial charge in [0.25, 0.3) is 0 Å². The Hall–Kier alpha value is -1.35. The van der Waals surface area contributed by atoms with E-state index in [1.54, 1.807) is 0 Å². The summed E-state index contributed by atoms with van der Waals surface area (Å²) >= 11 is 0. The van der Waals surface area contributed by atoms with E-state index in [0.29, 0.717) is 6.42 Å². The molecule has 1 amide bonds. The van der Waals surface area contributed by atoms with E-state index in [2.05, 4.69) is 10.3 Å². The lowest BCUT2D eigenvalue weighted by Gasteiger charge is -2.04. The number of rotatable bonds is 4. The first-order valence-corrected chi connectivity index (χ1v) is 4.60. The lowest BCUT2D eigenvalue weighted by atomic mass is 10.0. The summed E-state index contributed by atoms with van der Waals surface area (Å²) in [6.45, 7) is 2.05. The fraction of sp³-hybridized carbons (Fsp3) is 0.364. The third kappa shape index (κ3) is 3.18. The van der Waals surface area contributed by atoms with Crippen LogP contribution < -0.4 is 5.48 Å². The maximum Gasteiger partial charge on any atom is 0.243 e. The molecule has 0 fully saturated rings. The Morgan fingerprint density at radius 1 is 1.43 bits per heavy atom. The number of hydrogen-bond donors (Lipinski definition) is 1. The molecule has 0 aliphatic heterocycles. The van der Waals surface area contributed by atoms with Crippen molar-refractivity contribution >= 4 is 5.91 Å². The van der Waals surface area contributed by atoms with Gasteiger partial charge in [-0.1, -0.05) is 24.3 Å². The minimum Gasteiger partial charge on any atom is -0.277 e. The molecule has 0 saturated heterocycles. The first-order valence-electron chi connectivity index (χ1n) is 4.60. The van der Waals surface area contributed by atoms with Crippen LogP contribution in [0.5, 0.6) is 0 Å². The van der Waals surface area contributed by atoms with Crippen molar-refractivity contribution < 1.29 is 9.63 Å². The van der Waals surface area contributed by atoms with Crippen molar-refractivity contribution in [3.8, 4) is 0 Å². The molecule has 0 aliphatic rings. The van der Waals surface area contributed by atoms with Gasteiger partial charge in [-0.25, -0.2) is 5.48 Å². The van der Waals surface area contributed by atoms with Gasteiger partial charge in [-0.05, 0) is 24.5 Å². The van der Waals surface area contributed by atoms with Crippen molar-refractivity contribution in [3.05, 3.63) is 35.4 Å². The maximum absolute atomic E-state index is 11.1. The second kappa shape index (κ2) is 5.40. The Labute approximate surface area is 84.0 Å². The number of hydroxylamine groups is 1. The predicted molar refractivity (Wildman–Crippen MR) is 54.7 cm³/mol. The molecule has 1 N–H and O–H groups in total. The molecule has 3 nitrogen and oxygen atoms in total. The third-order valence-corrected chi connectivity index (χ3v) is 2.10. The Morgan fingerprint density at radius 3 is 2.79 bits per heavy atom. The van der Waals surface area contributed by atoms with Crippen molar-refractivity contribution in [1.29, 1.82) is 0 Å². The van der Waals surface area contributed by atoms with Crippen molar-refractivity contribution in [3.63, 3.8) is 0 Å². The fourth-order valence-corrected chi connectivity index (χ4v) is 1.30. The topological polar surface area (TPSA) is 38.3 Å². The molecule has 0 spiro atoms. The molecule has 0 aliphatic carbocycles. The van der Waals surface area contributed by atoms with Gasteiger partial charge in [0.05, 0.1) is 7.11 Å². The summed E-state index contributed by atoms with van der Waals surface area (Å²) in [6, 6.07) is 8.06. The van der Waals surface area contributed by atoms with Crippen molar-refractivity contribution in [1.82, 2.24) is 5.48 Å². The van der Waals surface area contributed by atoms with Gasteiger partial charge in [0.2, 0.25) is 5.91 Å². The lowest BCUT2D eigenvalue weighted by molar-refractivity contribution is -0.131. The molecule has 76 valence electrons. The highest BCUT2D eigenvalue weighted by molar-refractivity contribution is 5.75. The zero-order valence-electron chi connectivity index (χ0n) is 8.54. The molecule has 3 heteroatoms. The third-order valence-electron chi connectivity index (χ3n) is 2.10. The number of aryl methyl sites for hydroxylation is 2. The zero-order chi connectivity index (χ0) is 10.4. The standard InChI is InChI=1S/C11H15NO2/c1-9-5-3-4-6-10(9)7-8-11(13)12-14-2/h3-6H,7-8H2,1-2H3,(H,12,13). The summed E-state index contributed by atoms with van der Waals surface area (Å²) in [5.41, 5.74) is 4.72. The average molecular weight is 193 g/mol. The second-order valence-electron chi connectivity index (χ2n) is 3.16. The summed E-state index contributed by atoms with van der Waals surface area (Å²) in [5.74, 6) is -0.0873. The van der Waals surface area contributed by atoms with Crippen molar-refractivity contribution in [2.45, 2.75) is 19.8 Å². The number of nitrogens with one attached hydrogen (secondary N) is 1. The van der Waals surface area contributed by atoms with Gasteiger partial charge in [-0.3, -0.25) is 9.63 Å². The smallest absolute Gasteiger partial charge is 0.243 e. The molecule has 14 heavy (non-hydrogen) atoms. The fourth-order valence-electron chi connectivity index (χ4n) is 1.30. The van der Waals surface area contributed by atoms with Crippen LogP contribution in [-0.2, 0) is 16.1 Å². The van der Waals surface area contributed by atoms with E-state index in [1.165, 1.54) is 18.2 Å². The van der Waals surface area contributed by atoms with Crippen LogP contribution in [0.25, 0.3) is 0 Å². The monoisotopic (exact) mass is 193 g/mol. The summed E-state index contributed by atoms with van der Waals surface area (Å²) < 4.78 is 0. The van der Waals surface area contributed by atoms with E-state index in [-0.39, 0.29) is 5.91 Å². The molecule has 0 heterocycles. The number of amides is 1. The SMILES string of the molecule is CONC(=O)CCc1ccccc1C. The highest BCUT2D eigenvalue weighted by Crippen LogP contribution is 2.09. The van der Waals surface area contributed by atoms with E-state index in [9.17, 15) is 4.79 Å². The van der Waals surface area contributed by atoms with Crippen LogP contribution in [0, 0.1) is 6.92 Å². The van der Waals surface area contributed by atoms with Gasteiger partial charge in [0, 0.05) is 6.42 Å². The molecule has 0 aromatic heterocycles. The largest absolute Gasteiger partial charge is 0.277 e. The minimum absolute atomic E-state index is 0.0873. The van der Waals surface area contributed by atoms with Crippen molar-refractivity contribution in [2.75, 3.05) is 7.11 Å². The molecule has 0 radical (unpaired) electrons. The van der Waals surface area contributed by atoms with Gasteiger partial charge in [0.1, 0.15) is 0 Å². The van der Waals surface area contributed by atoms with Gasteiger partial charge in [-0.2, -0.15) is 0 Å². The summed E-state index contributed by atoms with van der Waals surface area (Å²) in [5, 5.41) is 0. The van der Waals surface area contributed by atoms with Crippen LogP contribution in [0.1, 0.15) is 17.5 Å². The first kappa shape index (κ1) is 10.7. The van der Waals surface area contributed by atoms with Gasteiger partial charge in [-0.15, -0.1) is 0 Å². The second-order valence-corrected chi connectivity index (χ2v) is 3.16. The van der Waals surface area contributed by atoms with Gasteiger partial charge < -0.3 is 0 Å². The van der Waals surface area contributed by atoms with Crippen LogP contribution in [0.4, 0.5) is 0 Å². The van der Waals surface area contributed by atoms with E-state index in [1.807, 2.05) is 31.2 Å². The van der Waals surface area contributed by atoms with Gasteiger partial charge >= 0.3 is 0 Å². The molecule has 1 aromatic carbocycles. The summed E-state index contributed by atoms with van der Waals surface area (Å²) in [6.07, 6.45) is 1.21. The molecule has 0 unspecified atom stereocenters. The highest BCUT2D eigenvalue weighted by Gasteiger charge is 2.02. The number of carbonyl (C=O) groups is 1. The van der Waals surface area contributed by atoms with E-state index >= 15 is 0 Å². The quantitative estimate of drug-likeness (QED) is 0.738. The summed E-state index contributed by atoms with van der Waals surface area (Å²) in [7, 11) is 1.44. The Balaban J connectivity index is 2.46. The predicted octanol–water partition coefficient (Wildman–Crippen LogP) is 1.61. The van der Waals surface area contributed by atoms with Crippen molar-refractivity contribution in [2.24, 2.45) is 0 Å². The Morgan fingerprint density at radius 2 is 2.14 bits per heavy atom. The first-order chi connectivity index (χ1) is 6.74. The number of hydrogen-bond acceptors (Lipinski definition) is 2. The molecular weight excluding hydrogens is 178 g/mol. The average Bonchev–Trinajstić information content (AvgIpc) is 2.17. The summed E-state index contributed by atoms with van der Waals surface area (Å²) in [4.78, 5) is 15.6.